The Balaban J connectivity index is 1.90. The highest BCUT2D eigenvalue weighted by Crippen LogP contribution is 2.36. The Morgan fingerprint density at radius 3 is 2.35 bits per heavy atom. The summed E-state index contributed by atoms with van der Waals surface area (Å²) in [7, 11) is 2.86. The number of hydrogen-bond donors (Lipinski definition) is 1. The summed E-state index contributed by atoms with van der Waals surface area (Å²) in [5, 5.41) is 3.46. The van der Waals surface area contributed by atoms with Crippen molar-refractivity contribution in [3.63, 3.8) is 0 Å². The summed E-state index contributed by atoms with van der Waals surface area (Å²) in [5.74, 6) is -0.528. The van der Waals surface area contributed by atoms with Crippen LogP contribution in [0.2, 0.25) is 10.0 Å². The maximum Gasteiger partial charge on any atom is 0.338 e. The molecule has 2 aromatic carbocycles. The molecule has 0 fully saturated rings. The van der Waals surface area contributed by atoms with Gasteiger partial charge in [0.2, 0.25) is 0 Å². The van der Waals surface area contributed by atoms with Crippen molar-refractivity contribution in [2.24, 2.45) is 0 Å². The van der Waals surface area contributed by atoms with Crippen molar-refractivity contribution in [1.29, 1.82) is 0 Å². The fourth-order valence-corrected chi connectivity index (χ4v) is 2.52. The number of rotatable bonds is 7. The van der Waals surface area contributed by atoms with Crippen molar-refractivity contribution in [1.82, 2.24) is 5.32 Å². The first kappa shape index (κ1) is 19.9. The molecule has 0 spiro atoms. The molecule has 26 heavy (non-hydrogen) atoms. The van der Waals surface area contributed by atoms with Gasteiger partial charge < -0.3 is 19.5 Å². The molecule has 0 bridgehead atoms. The second-order valence-electron chi connectivity index (χ2n) is 5.17. The predicted molar refractivity (Wildman–Crippen MR) is 98.1 cm³/mol. The number of halogens is 2. The van der Waals surface area contributed by atoms with E-state index in [9.17, 15) is 9.59 Å². The third kappa shape index (κ3) is 5.28. The summed E-state index contributed by atoms with van der Waals surface area (Å²) in [6.07, 6.45) is 0. The van der Waals surface area contributed by atoms with Gasteiger partial charge in [0, 0.05) is 11.6 Å². The van der Waals surface area contributed by atoms with Crippen molar-refractivity contribution in [3.05, 3.63) is 57.6 Å². The minimum Gasteiger partial charge on any atom is -0.493 e. The SMILES string of the molecule is COc1cc(C(=O)OCC(=O)NCc2ccc(Cl)cc2)cc(Cl)c1OC. The van der Waals surface area contributed by atoms with Gasteiger partial charge in [-0.1, -0.05) is 35.3 Å². The zero-order valence-corrected chi connectivity index (χ0v) is 15.7. The fourth-order valence-electron chi connectivity index (χ4n) is 2.10. The van der Waals surface area contributed by atoms with Crippen LogP contribution < -0.4 is 14.8 Å². The quantitative estimate of drug-likeness (QED) is 0.723. The van der Waals surface area contributed by atoms with Crippen LogP contribution in [0.4, 0.5) is 0 Å². The normalized spacial score (nSPS) is 10.2. The van der Waals surface area contributed by atoms with Crippen LogP contribution in [-0.4, -0.2) is 32.7 Å². The van der Waals surface area contributed by atoms with Gasteiger partial charge in [0.1, 0.15) is 0 Å². The Bertz CT molecular complexity index is 793. The second-order valence-corrected chi connectivity index (χ2v) is 6.02. The van der Waals surface area contributed by atoms with E-state index in [-0.39, 0.29) is 10.6 Å². The summed E-state index contributed by atoms with van der Waals surface area (Å²) >= 11 is 11.8. The molecule has 1 N–H and O–H groups in total. The van der Waals surface area contributed by atoms with Crippen LogP contribution in [0.25, 0.3) is 0 Å². The van der Waals surface area contributed by atoms with Gasteiger partial charge in [0.05, 0.1) is 24.8 Å². The van der Waals surface area contributed by atoms with Gasteiger partial charge in [-0.3, -0.25) is 4.79 Å². The van der Waals surface area contributed by atoms with Gasteiger partial charge in [-0.25, -0.2) is 4.79 Å². The molecule has 0 aromatic heterocycles. The predicted octanol–water partition coefficient (Wildman–Crippen LogP) is 3.48. The van der Waals surface area contributed by atoms with Crippen LogP contribution in [0.15, 0.2) is 36.4 Å². The summed E-state index contributed by atoms with van der Waals surface area (Å²) in [6, 6.07) is 9.85. The number of benzene rings is 2. The molecule has 8 heteroatoms. The molecule has 0 radical (unpaired) electrons. The van der Waals surface area contributed by atoms with Crippen molar-refractivity contribution >= 4 is 35.1 Å². The van der Waals surface area contributed by atoms with E-state index >= 15 is 0 Å². The first-order valence-electron chi connectivity index (χ1n) is 7.54. The molecular weight excluding hydrogens is 381 g/mol. The zero-order chi connectivity index (χ0) is 19.1. The summed E-state index contributed by atoms with van der Waals surface area (Å²) in [4.78, 5) is 23.9. The number of ether oxygens (including phenoxy) is 3. The number of carbonyl (C=O) groups excluding carboxylic acids is 2. The summed E-state index contributed by atoms with van der Waals surface area (Å²) < 4.78 is 15.2. The van der Waals surface area contributed by atoms with E-state index in [0.717, 1.165) is 5.56 Å². The summed E-state index contributed by atoms with van der Waals surface area (Å²) in [6.45, 7) is -0.117. The highest BCUT2D eigenvalue weighted by atomic mass is 35.5. The molecule has 138 valence electrons. The van der Waals surface area contributed by atoms with Gasteiger partial charge in [0.25, 0.3) is 5.91 Å². The monoisotopic (exact) mass is 397 g/mol. The van der Waals surface area contributed by atoms with E-state index in [1.807, 2.05) is 0 Å². The Labute approximate surface area is 160 Å². The fraction of sp³-hybridized carbons (Fsp3) is 0.222. The highest BCUT2D eigenvalue weighted by molar-refractivity contribution is 6.32. The van der Waals surface area contributed by atoms with E-state index in [1.165, 1.54) is 26.4 Å². The Kier molecular flexibility index (Phi) is 7.12. The van der Waals surface area contributed by atoms with Crippen molar-refractivity contribution in [2.45, 2.75) is 6.54 Å². The lowest BCUT2D eigenvalue weighted by Gasteiger charge is -2.11. The Morgan fingerprint density at radius 2 is 1.73 bits per heavy atom. The number of esters is 1. The zero-order valence-electron chi connectivity index (χ0n) is 14.2. The molecule has 0 aliphatic carbocycles. The number of amides is 1. The molecule has 2 aromatic rings. The Morgan fingerprint density at radius 1 is 1.04 bits per heavy atom. The molecule has 0 atom stereocenters. The lowest BCUT2D eigenvalue weighted by atomic mass is 10.2. The van der Waals surface area contributed by atoms with E-state index in [1.54, 1.807) is 24.3 Å². The molecule has 6 nitrogen and oxygen atoms in total. The topological polar surface area (TPSA) is 73.9 Å². The number of methoxy groups -OCH3 is 2. The first-order chi connectivity index (χ1) is 12.4. The molecule has 1 amide bonds. The summed E-state index contributed by atoms with van der Waals surface area (Å²) in [5.41, 5.74) is 1.03. The molecule has 0 aliphatic rings. The molecule has 0 unspecified atom stereocenters. The number of carbonyl (C=O) groups is 2. The van der Waals surface area contributed by atoms with Crippen LogP contribution in [0.5, 0.6) is 11.5 Å². The first-order valence-corrected chi connectivity index (χ1v) is 8.30. The maximum absolute atomic E-state index is 12.1. The van der Waals surface area contributed by atoms with Crippen LogP contribution in [0.1, 0.15) is 15.9 Å². The molecule has 0 saturated carbocycles. The van der Waals surface area contributed by atoms with Crippen molar-refractivity contribution in [2.75, 3.05) is 20.8 Å². The average molecular weight is 398 g/mol. The van der Waals surface area contributed by atoms with Gasteiger partial charge in [-0.2, -0.15) is 0 Å². The van der Waals surface area contributed by atoms with E-state index in [2.05, 4.69) is 5.32 Å². The van der Waals surface area contributed by atoms with Crippen LogP contribution in [0.3, 0.4) is 0 Å². The van der Waals surface area contributed by atoms with Crippen molar-refractivity contribution < 1.29 is 23.8 Å². The van der Waals surface area contributed by atoms with Gasteiger partial charge in [-0.15, -0.1) is 0 Å². The largest absolute Gasteiger partial charge is 0.493 e. The molecule has 0 saturated heterocycles. The maximum atomic E-state index is 12.1. The van der Waals surface area contributed by atoms with E-state index in [4.69, 9.17) is 37.4 Å². The second kappa shape index (κ2) is 9.31. The Hall–Kier alpha value is -2.44. The van der Waals surface area contributed by atoms with Gasteiger partial charge in [-0.05, 0) is 29.8 Å². The minimum absolute atomic E-state index is 0.151. The lowest BCUT2D eigenvalue weighted by molar-refractivity contribution is -0.124. The van der Waals surface area contributed by atoms with E-state index < -0.39 is 18.5 Å². The lowest BCUT2D eigenvalue weighted by Crippen LogP contribution is -2.28. The molecular formula is C18H17Cl2NO5. The number of hydrogen-bond acceptors (Lipinski definition) is 5. The third-order valence-electron chi connectivity index (χ3n) is 3.41. The van der Waals surface area contributed by atoms with Gasteiger partial charge >= 0.3 is 5.97 Å². The van der Waals surface area contributed by atoms with Crippen LogP contribution >= 0.6 is 23.2 Å². The van der Waals surface area contributed by atoms with E-state index in [0.29, 0.717) is 23.1 Å². The number of nitrogens with one attached hydrogen (secondary N) is 1. The molecule has 0 aliphatic heterocycles. The molecule has 0 heterocycles. The third-order valence-corrected chi connectivity index (χ3v) is 3.94. The standard InChI is InChI=1S/C18H17Cl2NO5/c1-24-15-8-12(7-14(20)17(15)25-2)18(23)26-10-16(22)21-9-11-3-5-13(19)6-4-11/h3-8H,9-10H2,1-2H3,(H,21,22). The van der Waals surface area contributed by atoms with Gasteiger partial charge in [0.15, 0.2) is 18.1 Å². The average Bonchev–Trinajstić information content (AvgIpc) is 2.64. The van der Waals surface area contributed by atoms with Crippen LogP contribution in [-0.2, 0) is 16.1 Å². The smallest absolute Gasteiger partial charge is 0.338 e. The highest BCUT2D eigenvalue weighted by Gasteiger charge is 2.17. The minimum atomic E-state index is -0.700. The molecule has 2 rings (SSSR count). The van der Waals surface area contributed by atoms with Crippen molar-refractivity contribution in [3.8, 4) is 11.5 Å². The van der Waals surface area contributed by atoms with Crippen LogP contribution in [0, 0.1) is 0 Å².